The van der Waals surface area contributed by atoms with Crippen molar-refractivity contribution in [2.45, 2.75) is 247 Å². The van der Waals surface area contributed by atoms with Gasteiger partial charge in [-0.1, -0.05) is 194 Å². The van der Waals surface area contributed by atoms with E-state index in [1.54, 1.807) is 0 Å². The van der Waals surface area contributed by atoms with Crippen LogP contribution in [0.3, 0.4) is 0 Å². The molecule has 2 rings (SSSR count). The van der Waals surface area contributed by atoms with Gasteiger partial charge in [-0.2, -0.15) is 0 Å². The minimum atomic E-state index is 0. The fourth-order valence-corrected chi connectivity index (χ4v) is 7.83. The van der Waals surface area contributed by atoms with Gasteiger partial charge in [0.25, 0.3) is 0 Å². The molecule has 0 saturated carbocycles. The van der Waals surface area contributed by atoms with Crippen molar-refractivity contribution in [2.75, 3.05) is 0 Å². The zero-order valence-electron chi connectivity index (χ0n) is 39.5. The molecule has 2 nitrogen and oxygen atoms in total. The standard InChI is InChI=1S/C56H90N2.Ni/c1-7-13-19-21-23-24-25-26-27-28-30-36-42-56(58-54-47-51(39-33-17-11-5)44-52(48-54)40-34-18-12-6)55(41-35-29-22-20-14-8-2)57-53-45-49(37-31-15-9-3)43-50(46-53)38-32-16-10-4;/h35,41,43-48H,7-34,37-40H2,1-6H3;/b41-35+,57-55+,58-56+;. The molecule has 2 aromatic carbocycles. The molecule has 0 aromatic heterocycles. The first-order chi connectivity index (χ1) is 28.6. The molecule has 0 N–H and O–H groups in total. The molecule has 0 aliphatic heterocycles. The molecular formula is C56H90N2Ni. The van der Waals surface area contributed by atoms with Crippen molar-refractivity contribution >= 4 is 22.8 Å². The summed E-state index contributed by atoms with van der Waals surface area (Å²) in [5.74, 6) is 7.28. The largest absolute Gasteiger partial charge is 0.246 e. The third-order valence-electron chi connectivity index (χ3n) is 11.4. The molecule has 334 valence electrons. The first-order valence-electron chi connectivity index (χ1n) is 25.1. The third kappa shape index (κ3) is 27.9. The Morgan fingerprint density at radius 3 is 1.20 bits per heavy atom. The summed E-state index contributed by atoms with van der Waals surface area (Å²) in [7, 11) is 0. The molecule has 3 heteroatoms. The second-order valence-electron chi connectivity index (χ2n) is 17.3. The Bertz CT molecular complexity index is 1410. The smallest absolute Gasteiger partial charge is 0.139 e. The van der Waals surface area contributed by atoms with Crippen molar-refractivity contribution in [3.63, 3.8) is 0 Å². The van der Waals surface area contributed by atoms with E-state index in [-0.39, 0.29) is 16.5 Å². The number of benzene rings is 2. The predicted molar refractivity (Wildman–Crippen MR) is 262 cm³/mol. The minimum absolute atomic E-state index is 0. The first-order valence-corrected chi connectivity index (χ1v) is 25.1. The van der Waals surface area contributed by atoms with Crippen LogP contribution in [0.2, 0.25) is 0 Å². The summed E-state index contributed by atoms with van der Waals surface area (Å²) in [4.78, 5) is 11.0. The molecule has 0 radical (unpaired) electrons. The number of nitrogens with zero attached hydrogens (tertiary/aromatic N) is 2. The summed E-state index contributed by atoms with van der Waals surface area (Å²) in [5.41, 5.74) is 9.52. The molecule has 0 aliphatic carbocycles. The SMILES string of the molecule is CCCCCC/C=C/C(=N\c1cc(CCCCC)cc(CCCCC)c1)C(/C#CCCCCCCCCCCCC)=N/c1cc(CCCCC)cc(CCCCC)c1.[Ni]. The van der Waals surface area contributed by atoms with Crippen molar-refractivity contribution in [3.05, 3.63) is 70.8 Å². The number of unbranched alkanes of at least 4 members (excludes halogenated alkanes) is 22. The van der Waals surface area contributed by atoms with Crippen molar-refractivity contribution in [2.24, 2.45) is 9.98 Å². The van der Waals surface area contributed by atoms with E-state index in [4.69, 9.17) is 9.98 Å². The Hall–Kier alpha value is -2.43. The van der Waals surface area contributed by atoms with E-state index >= 15 is 0 Å². The van der Waals surface area contributed by atoms with Gasteiger partial charge in [-0.15, -0.1) is 0 Å². The third-order valence-corrected chi connectivity index (χ3v) is 11.4. The molecule has 0 bridgehead atoms. The number of hydrogen-bond donors (Lipinski definition) is 0. The maximum Gasteiger partial charge on any atom is 0.139 e. The summed E-state index contributed by atoms with van der Waals surface area (Å²) in [6, 6.07) is 14.3. The number of hydrogen-bond acceptors (Lipinski definition) is 2. The van der Waals surface area contributed by atoms with Crippen molar-refractivity contribution in [1.29, 1.82) is 0 Å². The van der Waals surface area contributed by atoms with E-state index in [0.29, 0.717) is 0 Å². The molecule has 59 heavy (non-hydrogen) atoms. The van der Waals surface area contributed by atoms with Crippen molar-refractivity contribution in [1.82, 2.24) is 0 Å². The van der Waals surface area contributed by atoms with E-state index in [1.807, 2.05) is 0 Å². The fourth-order valence-electron chi connectivity index (χ4n) is 7.83. The van der Waals surface area contributed by atoms with Crippen molar-refractivity contribution < 1.29 is 16.5 Å². The zero-order valence-corrected chi connectivity index (χ0v) is 40.4. The molecule has 2 aromatic rings. The van der Waals surface area contributed by atoms with Crippen LogP contribution in [0.4, 0.5) is 11.4 Å². The van der Waals surface area contributed by atoms with Crippen LogP contribution in [0.25, 0.3) is 0 Å². The number of rotatable bonds is 35. The van der Waals surface area contributed by atoms with E-state index in [0.717, 1.165) is 67.7 Å². The van der Waals surface area contributed by atoms with E-state index in [1.165, 1.54) is 183 Å². The molecule has 0 fully saturated rings. The summed E-state index contributed by atoms with van der Waals surface area (Å²) < 4.78 is 0. The van der Waals surface area contributed by atoms with Crippen LogP contribution < -0.4 is 0 Å². The van der Waals surface area contributed by atoms with Gasteiger partial charge in [0, 0.05) is 22.9 Å². The molecule has 0 spiro atoms. The Morgan fingerprint density at radius 2 is 0.780 bits per heavy atom. The van der Waals surface area contributed by atoms with E-state index < -0.39 is 0 Å². The predicted octanol–water partition coefficient (Wildman–Crippen LogP) is 18.3. The summed E-state index contributed by atoms with van der Waals surface area (Å²) in [6.07, 6.45) is 44.5. The minimum Gasteiger partial charge on any atom is -0.246 e. The van der Waals surface area contributed by atoms with Crippen LogP contribution in [0, 0.1) is 11.8 Å². The first kappa shape index (κ1) is 54.6. The Labute approximate surface area is 377 Å². The average Bonchev–Trinajstić information content (AvgIpc) is 3.22. The van der Waals surface area contributed by atoms with Crippen LogP contribution >= 0.6 is 0 Å². The molecule has 0 aliphatic rings. The van der Waals surface area contributed by atoms with Gasteiger partial charge in [-0.05, 0) is 129 Å². The monoisotopic (exact) mass is 849 g/mol. The topological polar surface area (TPSA) is 24.7 Å². The Morgan fingerprint density at radius 1 is 0.424 bits per heavy atom. The fraction of sp³-hybridized carbons (Fsp3) is 0.679. The van der Waals surface area contributed by atoms with Gasteiger partial charge in [0.15, 0.2) is 0 Å². The second kappa shape index (κ2) is 38.5. The molecule has 0 amide bonds. The summed E-state index contributed by atoms with van der Waals surface area (Å²) >= 11 is 0. The second-order valence-corrected chi connectivity index (χ2v) is 17.3. The number of aliphatic imine (C=N–C) groups is 2. The van der Waals surface area contributed by atoms with Gasteiger partial charge in [0.1, 0.15) is 5.71 Å². The maximum absolute atomic E-state index is 5.51. The van der Waals surface area contributed by atoms with Gasteiger partial charge in [0.2, 0.25) is 0 Å². The quantitative estimate of drug-likeness (QED) is 0.0286. The van der Waals surface area contributed by atoms with Crippen molar-refractivity contribution in [3.8, 4) is 11.8 Å². The van der Waals surface area contributed by atoms with Gasteiger partial charge in [-0.3, -0.25) is 0 Å². The van der Waals surface area contributed by atoms with Gasteiger partial charge < -0.3 is 0 Å². The van der Waals surface area contributed by atoms with Gasteiger partial charge in [-0.25, -0.2) is 9.98 Å². The van der Waals surface area contributed by atoms with Crippen LogP contribution in [0.15, 0.2) is 58.5 Å². The van der Waals surface area contributed by atoms with Crippen LogP contribution in [-0.2, 0) is 42.2 Å². The van der Waals surface area contributed by atoms with Gasteiger partial charge >= 0.3 is 0 Å². The average molecular weight is 850 g/mol. The Balaban J connectivity index is 0.0000174. The van der Waals surface area contributed by atoms with E-state index in [9.17, 15) is 0 Å². The number of aryl methyl sites for hydroxylation is 4. The summed E-state index contributed by atoms with van der Waals surface area (Å²) in [5, 5.41) is 0. The normalized spacial score (nSPS) is 11.9. The summed E-state index contributed by atoms with van der Waals surface area (Å²) in [6.45, 7) is 13.8. The molecule has 0 unspecified atom stereocenters. The van der Waals surface area contributed by atoms with Crippen LogP contribution in [-0.4, -0.2) is 11.4 Å². The van der Waals surface area contributed by atoms with E-state index in [2.05, 4.69) is 102 Å². The molecule has 0 saturated heterocycles. The number of allylic oxidation sites excluding steroid dienone is 2. The van der Waals surface area contributed by atoms with Crippen LogP contribution in [0.5, 0.6) is 0 Å². The van der Waals surface area contributed by atoms with Crippen LogP contribution in [0.1, 0.15) is 244 Å². The molecular weight excluding hydrogens is 759 g/mol. The molecule has 0 heterocycles. The Kier molecular flexibility index (Phi) is 35.6. The van der Waals surface area contributed by atoms with Gasteiger partial charge in [0.05, 0.1) is 17.1 Å². The zero-order chi connectivity index (χ0) is 41.7. The molecule has 0 atom stereocenters. The maximum atomic E-state index is 5.51.